The van der Waals surface area contributed by atoms with Crippen molar-refractivity contribution in [2.24, 2.45) is 5.16 Å². The first-order chi connectivity index (χ1) is 16.5. The number of carbonyl (C=O) groups excluding carboxylic acids is 2. The van der Waals surface area contributed by atoms with E-state index in [9.17, 15) is 9.59 Å². The topological polar surface area (TPSA) is 123 Å². The van der Waals surface area contributed by atoms with Gasteiger partial charge in [-0.1, -0.05) is 21.1 Å². The van der Waals surface area contributed by atoms with Crippen LogP contribution < -0.4 is 0 Å². The van der Waals surface area contributed by atoms with Crippen molar-refractivity contribution < 1.29 is 33.7 Å². The largest absolute Gasteiger partial charge is 0.461 e. The molecule has 0 atom stereocenters. The van der Waals surface area contributed by atoms with Crippen LogP contribution in [0.3, 0.4) is 0 Å². The van der Waals surface area contributed by atoms with Crippen LogP contribution >= 0.6 is 15.9 Å². The molecule has 10 nitrogen and oxygen atoms in total. The van der Waals surface area contributed by atoms with Crippen LogP contribution in [0.25, 0.3) is 0 Å². The highest BCUT2D eigenvalue weighted by molar-refractivity contribution is 9.09. The molecular weight excluding hydrogens is 510 g/mol. The van der Waals surface area contributed by atoms with Crippen LogP contribution in [0.5, 0.6) is 0 Å². The molecule has 2 N–H and O–H groups in total. The molecule has 0 saturated carbocycles. The maximum atomic E-state index is 11.4. The zero-order valence-electron chi connectivity index (χ0n) is 19.8. The van der Waals surface area contributed by atoms with E-state index in [0.29, 0.717) is 24.2 Å². The summed E-state index contributed by atoms with van der Waals surface area (Å²) < 4.78 is 20.7. The summed E-state index contributed by atoms with van der Waals surface area (Å²) in [4.78, 5) is 27.1. The number of H-pyrrole nitrogens is 1. The molecule has 0 spiro atoms. The Hall–Kier alpha value is -2.21. The average molecular weight is 544 g/mol. The third kappa shape index (κ3) is 9.21. The number of esters is 1. The monoisotopic (exact) mass is 543 g/mol. The van der Waals surface area contributed by atoms with E-state index in [-0.39, 0.29) is 17.5 Å². The van der Waals surface area contributed by atoms with Crippen molar-refractivity contribution in [2.75, 3.05) is 58.1 Å². The minimum Gasteiger partial charge on any atom is -0.461 e. The second-order valence-corrected chi connectivity index (χ2v) is 8.13. The van der Waals surface area contributed by atoms with Gasteiger partial charge in [-0.3, -0.25) is 4.79 Å². The molecule has 4 rings (SSSR count). The lowest BCUT2D eigenvalue weighted by Gasteiger charge is -2.32. The number of aromatic amines is 1. The summed E-state index contributed by atoms with van der Waals surface area (Å²) in [6, 6.07) is 1.81. The normalized spacial score (nSPS) is 17.8. The molecule has 0 amide bonds. The van der Waals surface area contributed by atoms with Gasteiger partial charge >= 0.3 is 5.97 Å². The lowest BCUT2D eigenvalue weighted by Crippen LogP contribution is -2.36. The Morgan fingerprint density at radius 1 is 1.18 bits per heavy atom. The molecule has 11 heteroatoms. The zero-order chi connectivity index (χ0) is 24.8. The molecule has 0 aromatic carbocycles. The molecular formula is C23H34BrN3O7. The molecule has 0 bridgehead atoms. The second-order valence-electron chi connectivity index (χ2n) is 7.57. The summed E-state index contributed by atoms with van der Waals surface area (Å²) in [5, 5.41) is 11.1. The van der Waals surface area contributed by atoms with Crippen molar-refractivity contribution in [1.29, 1.82) is 0 Å². The third-order valence-corrected chi connectivity index (χ3v) is 5.78. The molecule has 1 aromatic rings. The Balaban J connectivity index is 0.000000188. The summed E-state index contributed by atoms with van der Waals surface area (Å²) >= 11 is 2.96. The van der Waals surface area contributed by atoms with Gasteiger partial charge in [0.15, 0.2) is 5.78 Å². The van der Waals surface area contributed by atoms with Gasteiger partial charge in [0.25, 0.3) is 0 Å². The molecule has 190 valence electrons. The first-order valence-electron chi connectivity index (χ1n) is 11.3. The van der Waals surface area contributed by atoms with Gasteiger partial charge in [-0.15, -0.1) is 0 Å². The van der Waals surface area contributed by atoms with Gasteiger partial charge in [-0.05, 0) is 24.6 Å². The van der Waals surface area contributed by atoms with E-state index >= 15 is 0 Å². The highest BCUT2D eigenvalue weighted by Gasteiger charge is 2.17. The number of nitrogens with one attached hydrogen (secondary N) is 1. The minimum absolute atomic E-state index is 0.144. The van der Waals surface area contributed by atoms with E-state index < -0.39 is 0 Å². The summed E-state index contributed by atoms with van der Waals surface area (Å²) in [6.07, 6.45) is 4.10. The molecule has 1 fully saturated rings. The van der Waals surface area contributed by atoms with Gasteiger partial charge in [0.05, 0.1) is 51.6 Å². The third-order valence-electron chi connectivity index (χ3n) is 5.25. The standard InChI is InChI=1S/C10H13NO3.C9H15NO2.C4H6BrNO2/c1-2-14-10(12)9-5-7-6-13-4-3-8(7)11-9;1-5-11-6-2-9(1)10-3-7-12-8-4-10;1-3(7)4(2-5)6-8/h5,11H,2-4,6H2,1H3;1H,2-8H2;8H,2H2,1H3. The minimum atomic E-state index is -0.290. The number of alkyl halides is 1. The number of hydrogen-bond acceptors (Lipinski definition) is 9. The van der Waals surface area contributed by atoms with Gasteiger partial charge in [-0.25, -0.2) is 4.79 Å². The first kappa shape index (κ1) is 28.0. The Kier molecular flexibility index (Phi) is 12.9. The molecule has 3 aliphatic rings. The van der Waals surface area contributed by atoms with Crippen molar-refractivity contribution in [3.8, 4) is 0 Å². The predicted molar refractivity (Wildman–Crippen MR) is 130 cm³/mol. The number of Topliss-reactive ketones (excluding diaryl/α,β-unsaturated/α-hetero) is 1. The van der Waals surface area contributed by atoms with Crippen LogP contribution in [-0.4, -0.2) is 90.6 Å². The van der Waals surface area contributed by atoms with Gasteiger partial charge < -0.3 is 34.0 Å². The molecule has 0 radical (unpaired) electrons. The molecule has 0 aliphatic carbocycles. The number of carbonyl (C=O) groups is 2. The smallest absolute Gasteiger partial charge is 0.354 e. The summed E-state index contributed by atoms with van der Waals surface area (Å²) in [6.45, 7) is 10.4. The van der Waals surface area contributed by atoms with Crippen LogP contribution in [0.1, 0.15) is 42.0 Å². The summed E-state index contributed by atoms with van der Waals surface area (Å²) in [5.74, 6) is -0.508. The number of aromatic nitrogens is 1. The van der Waals surface area contributed by atoms with Gasteiger partial charge in [0.2, 0.25) is 0 Å². The number of hydrogen-bond donors (Lipinski definition) is 2. The van der Waals surface area contributed by atoms with Crippen molar-refractivity contribution in [3.05, 3.63) is 34.8 Å². The van der Waals surface area contributed by atoms with Gasteiger partial charge in [-0.2, -0.15) is 0 Å². The molecule has 1 saturated heterocycles. The highest BCUT2D eigenvalue weighted by Crippen LogP contribution is 2.18. The Bertz CT molecular complexity index is 824. The SMILES string of the molecule is C1=C(N2CCOCC2)CCOC1.CC(=O)C(CBr)=NO.CCOC(=O)c1cc2c([nH]1)CCOC2. The Labute approximate surface area is 208 Å². The average Bonchev–Trinajstić information content (AvgIpc) is 3.31. The molecule has 4 heterocycles. The van der Waals surface area contributed by atoms with E-state index in [1.54, 1.807) is 6.92 Å². The number of fused-ring (bicyclic) bond motifs is 1. The van der Waals surface area contributed by atoms with Gasteiger partial charge in [0.1, 0.15) is 11.4 Å². The predicted octanol–water partition coefficient (Wildman–Crippen LogP) is 2.69. The van der Waals surface area contributed by atoms with E-state index in [1.807, 2.05) is 6.07 Å². The van der Waals surface area contributed by atoms with Crippen molar-refractivity contribution >= 4 is 33.4 Å². The van der Waals surface area contributed by atoms with Crippen LogP contribution in [0.4, 0.5) is 0 Å². The first-order valence-corrected chi connectivity index (χ1v) is 12.4. The van der Waals surface area contributed by atoms with Crippen LogP contribution in [0.2, 0.25) is 0 Å². The van der Waals surface area contributed by atoms with E-state index in [0.717, 1.165) is 70.2 Å². The second kappa shape index (κ2) is 15.6. The van der Waals surface area contributed by atoms with Crippen LogP contribution in [0, 0.1) is 0 Å². The molecule has 0 unspecified atom stereocenters. The van der Waals surface area contributed by atoms with E-state index in [2.05, 4.69) is 37.0 Å². The summed E-state index contributed by atoms with van der Waals surface area (Å²) in [7, 11) is 0. The van der Waals surface area contributed by atoms with Crippen molar-refractivity contribution in [3.63, 3.8) is 0 Å². The number of ketones is 1. The fraction of sp³-hybridized carbons (Fsp3) is 0.609. The van der Waals surface area contributed by atoms with E-state index in [1.165, 1.54) is 12.6 Å². The molecule has 1 aromatic heterocycles. The van der Waals surface area contributed by atoms with Gasteiger partial charge in [0, 0.05) is 44.2 Å². The maximum absolute atomic E-state index is 11.4. The Morgan fingerprint density at radius 2 is 1.91 bits per heavy atom. The number of oxime groups is 1. The number of halogens is 1. The number of nitrogens with zero attached hydrogens (tertiary/aromatic N) is 2. The fourth-order valence-electron chi connectivity index (χ4n) is 3.41. The van der Waals surface area contributed by atoms with Crippen LogP contribution in [0.15, 0.2) is 23.0 Å². The van der Waals surface area contributed by atoms with Crippen molar-refractivity contribution in [2.45, 2.75) is 33.3 Å². The molecule has 3 aliphatic heterocycles. The fourth-order valence-corrected chi connectivity index (χ4v) is 3.92. The van der Waals surface area contributed by atoms with E-state index in [4.69, 9.17) is 24.2 Å². The van der Waals surface area contributed by atoms with Crippen molar-refractivity contribution in [1.82, 2.24) is 9.88 Å². The zero-order valence-corrected chi connectivity index (χ0v) is 21.4. The number of morpholine rings is 1. The molecule has 34 heavy (non-hydrogen) atoms. The number of rotatable bonds is 5. The maximum Gasteiger partial charge on any atom is 0.354 e. The van der Waals surface area contributed by atoms with Crippen LogP contribution in [-0.2, 0) is 36.8 Å². The summed E-state index contributed by atoms with van der Waals surface area (Å²) in [5.41, 5.74) is 4.29. The lowest BCUT2D eigenvalue weighted by atomic mass is 10.2. The quantitative estimate of drug-likeness (QED) is 0.191. The highest BCUT2D eigenvalue weighted by atomic mass is 79.9. The Morgan fingerprint density at radius 3 is 2.44 bits per heavy atom. The lowest BCUT2D eigenvalue weighted by molar-refractivity contribution is -0.111. The number of ether oxygens (including phenoxy) is 4.